The number of anilines is 1. The van der Waals surface area contributed by atoms with E-state index in [4.69, 9.17) is 0 Å². The average molecular weight is 419 g/mol. The number of nitriles is 1. The molecule has 0 aromatic carbocycles. The van der Waals surface area contributed by atoms with E-state index in [1.165, 1.54) is 4.68 Å². The van der Waals surface area contributed by atoms with Crippen molar-refractivity contribution in [1.82, 2.24) is 24.7 Å². The van der Waals surface area contributed by atoms with Gasteiger partial charge >= 0.3 is 0 Å². The summed E-state index contributed by atoms with van der Waals surface area (Å²) in [4.78, 5) is 35.8. The monoisotopic (exact) mass is 419 g/mol. The van der Waals surface area contributed by atoms with Crippen molar-refractivity contribution >= 4 is 11.7 Å². The highest BCUT2D eigenvalue weighted by molar-refractivity contribution is 5.90. The molecule has 0 saturated heterocycles. The first kappa shape index (κ1) is 21.9. The van der Waals surface area contributed by atoms with Crippen molar-refractivity contribution in [3.63, 3.8) is 0 Å². The largest absolute Gasteiger partial charge is 0.325 e. The Bertz CT molecular complexity index is 1210. The van der Waals surface area contributed by atoms with Gasteiger partial charge in [-0.2, -0.15) is 15.0 Å². The predicted molar refractivity (Wildman–Crippen MR) is 116 cm³/mol. The first-order valence-electron chi connectivity index (χ1n) is 9.92. The topological polar surface area (TPSA) is 129 Å². The van der Waals surface area contributed by atoms with Gasteiger partial charge in [-0.25, -0.2) is 9.97 Å². The van der Waals surface area contributed by atoms with Crippen molar-refractivity contribution in [2.24, 2.45) is 0 Å². The molecule has 2 N–H and O–H groups in total. The lowest BCUT2D eigenvalue weighted by molar-refractivity contribution is -0.116. The van der Waals surface area contributed by atoms with Crippen molar-refractivity contribution in [1.29, 1.82) is 5.26 Å². The van der Waals surface area contributed by atoms with E-state index in [9.17, 15) is 14.9 Å². The highest BCUT2D eigenvalue weighted by Crippen LogP contribution is 2.25. The zero-order chi connectivity index (χ0) is 22.8. The molecule has 0 saturated carbocycles. The lowest BCUT2D eigenvalue weighted by Crippen LogP contribution is -2.19. The van der Waals surface area contributed by atoms with Gasteiger partial charge in [-0.3, -0.25) is 9.59 Å². The van der Waals surface area contributed by atoms with Gasteiger partial charge in [-0.15, -0.1) is 0 Å². The summed E-state index contributed by atoms with van der Waals surface area (Å²) in [6, 6.07) is 5.46. The third-order valence-corrected chi connectivity index (χ3v) is 5.01. The van der Waals surface area contributed by atoms with E-state index in [1.807, 2.05) is 32.9 Å². The summed E-state index contributed by atoms with van der Waals surface area (Å²) in [6.07, 6.45) is 3.78. The van der Waals surface area contributed by atoms with Gasteiger partial charge in [0.1, 0.15) is 17.5 Å². The highest BCUT2D eigenvalue weighted by Gasteiger charge is 2.22. The minimum Gasteiger partial charge on any atom is -0.325 e. The van der Waals surface area contributed by atoms with Crippen LogP contribution in [0.25, 0.3) is 5.95 Å². The fourth-order valence-corrected chi connectivity index (χ4v) is 3.25. The van der Waals surface area contributed by atoms with E-state index < -0.39 is 5.56 Å². The van der Waals surface area contributed by atoms with Gasteiger partial charge in [-0.1, -0.05) is 20.8 Å². The lowest BCUT2D eigenvalue weighted by atomic mass is 9.92. The van der Waals surface area contributed by atoms with E-state index in [2.05, 4.69) is 25.4 Å². The molecule has 0 atom stereocenters. The molecule has 0 bridgehead atoms. The standard InChI is InChI=1S/C22H25N7O2/c1-13-15(14(2)26-20(31)16(13)12-23)7-8-19(30)27-18-11-17(22(3,4)5)28-29(18)21-24-9-6-10-25-21/h6,9-11H,7-8H2,1-5H3,(H,26,31)(H,27,30). The van der Waals surface area contributed by atoms with Crippen LogP contribution in [0.3, 0.4) is 0 Å². The normalized spacial score (nSPS) is 11.2. The number of pyridine rings is 1. The number of carbonyl (C=O) groups excluding carboxylic acids is 1. The first-order valence-corrected chi connectivity index (χ1v) is 9.92. The van der Waals surface area contributed by atoms with Crippen LogP contribution in [0.15, 0.2) is 29.3 Å². The van der Waals surface area contributed by atoms with E-state index in [0.29, 0.717) is 29.4 Å². The molecule has 0 radical (unpaired) electrons. The lowest BCUT2D eigenvalue weighted by Gasteiger charge is -2.13. The summed E-state index contributed by atoms with van der Waals surface area (Å²) in [5, 5.41) is 16.7. The highest BCUT2D eigenvalue weighted by atomic mass is 16.1. The summed E-state index contributed by atoms with van der Waals surface area (Å²) in [5.41, 5.74) is 2.30. The summed E-state index contributed by atoms with van der Waals surface area (Å²) in [5.74, 6) is 0.620. The van der Waals surface area contributed by atoms with Crippen LogP contribution in [0.2, 0.25) is 0 Å². The maximum atomic E-state index is 12.7. The third kappa shape index (κ3) is 4.69. The van der Waals surface area contributed by atoms with E-state index in [-0.39, 0.29) is 23.3 Å². The smallest absolute Gasteiger partial charge is 0.266 e. The summed E-state index contributed by atoms with van der Waals surface area (Å²) in [6.45, 7) is 9.59. The number of nitrogens with zero attached hydrogens (tertiary/aromatic N) is 5. The van der Waals surface area contributed by atoms with Gasteiger partial charge in [0.15, 0.2) is 0 Å². The number of nitrogens with one attached hydrogen (secondary N) is 2. The third-order valence-electron chi connectivity index (χ3n) is 5.01. The zero-order valence-corrected chi connectivity index (χ0v) is 18.3. The number of rotatable bonds is 5. The molecule has 3 aromatic heterocycles. The number of carbonyl (C=O) groups is 1. The molecule has 9 heteroatoms. The summed E-state index contributed by atoms with van der Waals surface area (Å²) < 4.78 is 1.52. The van der Waals surface area contributed by atoms with Gasteiger partial charge in [0.2, 0.25) is 5.91 Å². The van der Waals surface area contributed by atoms with Crippen molar-refractivity contribution in [2.45, 2.75) is 52.9 Å². The second kappa shape index (κ2) is 8.52. The number of amides is 1. The fraction of sp³-hybridized carbons (Fsp3) is 0.364. The SMILES string of the molecule is Cc1[nH]c(=O)c(C#N)c(C)c1CCC(=O)Nc1cc(C(C)(C)C)nn1-c1ncccn1. The maximum absolute atomic E-state index is 12.7. The molecule has 9 nitrogen and oxygen atoms in total. The van der Waals surface area contributed by atoms with Gasteiger partial charge in [0.05, 0.1) is 5.69 Å². The molecule has 31 heavy (non-hydrogen) atoms. The fourth-order valence-electron chi connectivity index (χ4n) is 3.25. The predicted octanol–water partition coefficient (Wildman–Crippen LogP) is 2.71. The van der Waals surface area contributed by atoms with Crippen molar-refractivity contribution in [2.75, 3.05) is 5.32 Å². The van der Waals surface area contributed by atoms with Gasteiger partial charge in [0.25, 0.3) is 11.5 Å². The van der Waals surface area contributed by atoms with Crippen LogP contribution < -0.4 is 10.9 Å². The molecular formula is C22H25N7O2. The Balaban J connectivity index is 1.84. The molecule has 0 aliphatic heterocycles. The van der Waals surface area contributed by atoms with Crippen molar-refractivity contribution in [3.8, 4) is 12.0 Å². The molecule has 3 heterocycles. The molecule has 3 rings (SSSR count). The number of aryl methyl sites for hydroxylation is 1. The van der Waals surface area contributed by atoms with Crippen LogP contribution in [-0.2, 0) is 16.6 Å². The molecule has 0 unspecified atom stereocenters. The molecule has 3 aromatic rings. The van der Waals surface area contributed by atoms with Gasteiger partial charge in [-0.05, 0) is 37.5 Å². The van der Waals surface area contributed by atoms with Crippen LogP contribution in [-0.4, -0.2) is 30.6 Å². The molecule has 0 aliphatic carbocycles. The second-order valence-electron chi connectivity index (χ2n) is 8.34. The van der Waals surface area contributed by atoms with Gasteiger partial charge < -0.3 is 10.3 Å². The minimum atomic E-state index is -0.410. The molecular weight excluding hydrogens is 394 g/mol. The number of H-pyrrole nitrogens is 1. The van der Waals surface area contributed by atoms with Crippen molar-refractivity contribution in [3.05, 3.63) is 63.0 Å². The Labute approximate surface area is 180 Å². The number of hydrogen-bond acceptors (Lipinski definition) is 6. The van der Waals surface area contributed by atoms with Crippen LogP contribution in [0.5, 0.6) is 0 Å². The van der Waals surface area contributed by atoms with Crippen LogP contribution >= 0.6 is 0 Å². The molecule has 1 amide bonds. The quantitative estimate of drug-likeness (QED) is 0.654. The Kier molecular flexibility index (Phi) is 6.02. The Hall–Kier alpha value is -3.80. The summed E-state index contributed by atoms with van der Waals surface area (Å²) >= 11 is 0. The van der Waals surface area contributed by atoms with Gasteiger partial charge in [0, 0.05) is 36.0 Å². The first-order chi connectivity index (χ1) is 14.6. The Morgan fingerprint density at radius 2 is 1.94 bits per heavy atom. The zero-order valence-electron chi connectivity index (χ0n) is 18.3. The molecule has 160 valence electrons. The molecule has 0 aliphatic rings. The van der Waals surface area contributed by atoms with Crippen LogP contribution in [0.1, 0.15) is 55.3 Å². The number of aromatic amines is 1. The number of hydrogen-bond donors (Lipinski definition) is 2. The van der Waals surface area contributed by atoms with Crippen LogP contribution in [0, 0.1) is 25.2 Å². The molecule has 0 fully saturated rings. The average Bonchev–Trinajstić information content (AvgIpc) is 3.12. The summed E-state index contributed by atoms with van der Waals surface area (Å²) in [7, 11) is 0. The van der Waals surface area contributed by atoms with E-state index >= 15 is 0 Å². The minimum absolute atomic E-state index is 0.0788. The Morgan fingerprint density at radius 3 is 2.55 bits per heavy atom. The van der Waals surface area contributed by atoms with E-state index in [0.717, 1.165) is 11.3 Å². The maximum Gasteiger partial charge on any atom is 0.266 e. The van der Waals surface area contributed by atoms with Crippen LogP contribution in [0.4, 0.5) is 5.82 Å². The number of aromatic nitrogens is 5. The molecule has 0 spiro atoms. The second-order valence-corrected chi connectivity index (χ2v) is 8.34. The Morgan fingerprint density at radius 1 is 1.26 bits per heavy atom. The van der Waals surface area contributed by atoms with Crippen molar-refractivity contribution < 1.29 is 4.79 Å². The van der Waals surface area contributed by atoms with E-state index in [1.54, 1.807) is 32.3 Å².